The highest BCUT2D eigenvalue weighted by molar-refractivity contribution is 6.27. The van der Waals surface area contributed by atoms with Gasteiger partial charge >= 0.3 is 0 Å². The Morgan fingerprint density at radius 1 is 1.15 bits per heavy atom. The summed E-state index contributed by atoms with van der Waals surface area (Å²) in [7, 11) is 0. The smallest absolute Gasteiger partial charge is 0.273 e. The second kappa shape index (κ2) is 8.89. The van der Waals surface area contributed by atoms with Crippen LogP contribution >= 0.6 is 11.6 Å². The molecule has 0 spiro atoms. The van der Waals surface area contributed by atoms with Crippen molar-refractivity contribution >= 4 is 23.4 Å². The van der Waals surface area contributed by atoms with Gasteiger partial charge in [0.15, 0.2) is 11.6 Å². The largest absolute Gasteiger partial charge is 0.448 e. The van der Waals surface area contributed by atoms with E-state index in [1.54, 1.807) is 0 Å². The highest BCUT2D eigenvalue weighted by Gasteiger charge is 2.34. The van der Waals surface area contributed by atoms with Crippen LogP contribution in [-0.4, -0.2) is 34.8 Å². The van der Waals surface area contributed by atoms with E-state index in [9.17, 15) is 9.59 Å². The molecule has 2 N–H and O–H groups in total. The molecule has 26 heavy (non-hydrogen) atoms. The van der Waals surface area contributed by atoms with Crippen molar-refractivity contribution in [2.24, 2.45) is 0 Å². The van der Waals surface area contributed by atoms with Gasteiger partial charge in [0.2, 0.25) is 5.91 Å². The van der Waals surface area contributed by atoms with Crippen molar-refractivity contribution in [2.75, 3.05) is 12.4 Å². The summed E-state index contributed by atoms with van der Waals surface area (Å²) in [5, 5.41) is 5.95. The summed E-state index contributed by atoms with van der Waals surface area (Å²) in [5.41, 5.74) is -0.0873. The second-order valence-electron chi connectivity index (χ2n) is 7.61. The van der Waals surface area contributed by atoms with Gasteiger partial charge in [-0.25, -0.2) is 4.98 Å². The van der Waals surface area contributed by atoms with Gasteiger partial charge in [0.1, 0.15) is 12.1 Å². The standard InChI is InChI=1S/C19H28ClN3O3/c20-11-16(24)23-19(9-5-2-6-10-19)13-21-17(25)15-12-26-18(22-15)14-7-3-1-4-8-14/h12,14H,1-11,13H2,(H,21,25)(H,23,24). The highest BCUT2D eigenvalue weighted by Crippen LogP contribution is 2.32. The summed E-state index contributed by atoms with van der Waals surface area (Å²) in [6.45, 7) is 0.389. The first-order chi connectivity index (χ1) is 12.6. The Hall–Kier alpha value is -1.56. The Kier molecular flexibility index (Phi) is 6.57. The van der Waals surface area contributed by atoms with Crippen molar-refractivity contribution in [2.45, 2.75) is 75.7 Å². The molecule has 2 saturated carbocycles. The molecule has 1 aromatic rings. The Bertz CT molecular complexity index is 619. The number of amides is 2. The molecule has 0 atom stereocenters. The summed E-state index contributed by atoms with van der Waals surface area (Å²) in [6, 6.07) is 0. The number of oxazole rings is 1. The number of rotatable bonds is 6. The van der Waals surface area contributed by atoms with E-state index in [2.05, 4.69) is 15.6 Å². The van der Waals surface area contributed by atoms with Gasteiger partial charge in [-0.15, -0.1) is 11.6 Å². The van der Waals surface area contributed by atoms with Crippen molar-refractivity contribution in [3.63, 3.8) is 0 Å². The van der Waals surface area contributed by atoms with Gasteiger partial charge in [0.25, 0.3) is 5.91 Å². The molecule has 144 valence electrons. The van der Waals surface area contributed by atoms with Crippen LogP contribution in [0.2, 0.25) is 0 Å². The number of hydrogen-bond donors (Lipinski definition) is 2. The number of carbonyl (C=O) groups is 2. The molecule has 2 aliphatic rings. The average molecular weight is 382 g/mol. The normalized spacial score (nSPS) is 20.5. The fraction of sp³-hybridized carbons (Fsp3) is 0.737. The third-order valence-electron chi connectivity index (χ3n) is 5.63. The second-order valence-corrected chi connectivity index (χ2v) is 7.88. The van der Waals surface area contributed by atoms with Crippen LogP contribution in [0.1, 0.15) is 86.5 Å². The Morgan fingerprint density at radius 2 is 1.85 bits per heavy atom. The van der Waals surface area contributed by atoms with E-state index in [1.165, 1.54) is 25.5 Å². The summed E-state index contributed by atoms with van der Waals surface area (Å²) in [4.78, 5) is 28.7. The maximum Gasteiger partial charge on any atom is 0.273 e. The van der Waals surface area contributed by atoms with Crippen molar-refractivity contribution in [1.82, 2.24) is 15.6 Å². The number of halogens is 1. The fourth-order valence-electron chi connectivity index (χ4n) is 4.17. The fourth-order valence-corrected chi connectivity index (χ4v) is 4.24. The van der Waals surface area contributed by atoms with Crippen LogP contribution in [0.5, 0.6) is 0 Å². The Morgan fingerprint density at radius 3 is 2.54 bits per heavy atom. The zero-order chi connectivity index (χ0) is 18.4. The number of aromatic nitrogens is 1. The predicted molar refractivity (Wildman–Crippen MR) is 99.3 cm³/mol. The molecule has 1 heterocycles. The van der Waals surface area contributed by atoms with Gasteiger partial charge < -0.3 is 15.1 Å². The van der Waals surface area contributed by atoms with Gasteiger partial charge in [-0.05, 0) is 25.7 Å². The van der Waals surface area contributed by atoms with E-state index in [1.807, 2.05) is 0 Å². The van der Waals surface area contributed by atoms with E-state index in [0.717, 1.165) is 44.9 Å². The third-order valence-corrected chi connectivity index (χ3v) is 5.88. The van der Waals surface area contributed by atoms with Crippen LogP contribution < -0.4 is 10.6 Å². The maximum atomic E-state index is 12.5. The summed E-state index contributed by atoms with van der Waals surface area (Å²) in [5.74, 6) is 0.504. The van der Waals surface area contributed by atoms with E-state index in [0.29, 0.717) is 24.0 Å². The van der Waals surface area contributed by atoms with E-state index < -0.39 is 5.54 Å². The number of carbonyl (C=O) groups excluding carboxylic acids is 2. The predicted octanol–water partition coefficient (Wildman–Crippen LogP) is 3.51. The minimum atomic E-state index is -0.407. The zero-order valence-corrected chi connectivity index (χ0v) is 15.9. The lowest BCUT2D eigenvalue weighted by Crippen LogP contribution is -2.57. The van der Waals surface area contributed by atoms with E-state index in [-0.39, 0.29) is 17.7 Å². The van der Waals surface area contributed by atoms with Gasteiger partial charge in [-0.3, -0.25) is 9.59 Å². The maximum absolute atomic E-state index is 12.5. The highest BCUT2D eigenvalue weighted by atomic mass is 35.5. The molecule has 1 aromatic heterocycles. The topological polar surface area (TPSA) is 84.2 Å². The summed E-state index contributed by atoms with van der Waals surface area (Å²) in [6.07, 6.45) is 12.2. The lowest BCUT2D eigenvalue weighted by atomic mass is 9.81. The molecule has 2 fully saturated rings. The number of nitrogens with zero attached hydrogens (tertiary/aromatic N) is 1. The van der Waals surface area contributed by atoms with Crippen molar-refractivity contribution in [3.05, 3.63) is 17.8 Å². The first-order valence-electron chi connectivity index (χ1n) is 9.72. The molecule has 2 aliphatic carbocycles. The number of hydrogen-bond acceptors (Lipinski definition) is 4. The molecule has 6 nitrogen and oxygen atoms in total. The monoisotopic (exact) mass is 381 g/mol. The van der Waals surface area contributed by atoms with Gasteiger partial charge in [-0.2, -0.15) is 0 Å². The van der Waals surface area contributed by atoms with Gasteiger partial charge in [0.05, 0.1) is 5.54 Å². The summed E-state index contributed by atoms with van der Waals surface area (Å²) < 4.78 is 5.57. The molecule has 3 rings (SSSR count). The number of alkyl halides is 1. The Balaban J connectivity index is 1.59. The molecule has 2 amide bonds. The van der Waals surface area contributed by atoms with E-state index >= 15 is 0 Å². The zero-order valence-electron chi connectivity index (χ0n) is 15.2. The first kappa shape index (κ1) is 19.2. The minimum absolute atomic E-state index is 0.0657. The molecule has 7 heteroatoms. The van der Waals surface area contributed by atoms with Crippen molar-refractivity contribution in [3.8, 4) is 0 Å². The molecule has 0 aromatic carbocycles. The number of nitrogens with one attached hydrogen (secondary N) is 2. The van der Waals surface area contributed by atoms with Crippen LogP contribution in [-0.2, 0) is 4.79 Å². The van der Waals surface area contributed by atoms with Gasteiger partial charge in [-0.1, -0.05) is 38.5 Å². The van der Waals surface area contributed by atoms with Crippen LogP contribution in [0.15, 0.2) is 10.7 Å². The lowest BCUT2D eigenvalue weighted by Gasteiger charge is -2.38. The lowest BCUT2D eigenvalue weighted by molar-refractivity contribution is -0.121. The molecule has 0 saturated heterocycles. The molecule has 0 bridgehead atoms. The van der Waals surface area contributed by atoms with E-state index in [4.69, 9.17) is 16.0 Å². The SMILES string of the molecule is O=C(CCl)NC1(CNC(=O)c2coc(C3CCCCC3)n2)CCCCC1. The molecule has 0 unspecified atom stereocenters. The molecule has 0 aliphatic heterocycles. The minimum Gasteiger partial charge on any atom is -0.448 e. The van der Waals surface area contributed by atoms with Crippen LogP contribution in [0.3, 0.4) is 0 Å². The molecule has 0 radical (unpaired) electrons. The first-order valence-corrected chi connectivity index (χ1v) is 10.3. The quantitative estimate of drug-likeness (QED) is 0.738. The summed E-state index contributed by atoms with van der Waals surface area (Å²) >= 11 is 5.65. The van der Waals surface area contributed by atoms with Crippen LogP contribution in [0.25, 0.3) is 0 Å². The molecular formula is C19H28ClN3O3. The van der Waals surface area contributed by atoms with Crippen molar-refractivity contribution < 1.29 is 14.0 Å². The average Bonchev–Trinajstić information content (AvgIpc) is 3.18. The van der Waals surface area contributed by atoms with Crippen LogP contribution in [0.4, 0.5) is 0 Å². The van der Waals surface area contributed by atoms with Gasteiger partial charge in [0, 0.05) is 12.5 Å². The van der Waals surface area contributed by atoms with Crippen molar-refractivity contribution in [1.29, 1.82) is 0 Å². The van der Waals surface area contributed by atoms with Crippen LogP contribution in [0, 0.1) is 0 Å². The third kappa shape index (κ3) is 4.78. The Labute approximate surface area is 159 Å². The molecular weight excluding hydrogens is 354 g/mol.